The first-order chi connectivity index (χ1) is 16.2. The van der Waals surface area contributed by atoms with E-state index in [-0.39, 0.29) is 17.1 Å². The quantitative estimate of drug-likeness (QED) is 0.185. The molecule has 172 valence electrons. The minimum Gasteiger partial charge on any atom is -0.268 e. The van der Waals surface area contributed by atoms with Crippen molar-refractivity contribution in [1.29, 1.82) is 0 Å². The zero-order valence-electron chi connectivity index (χ0n) is 17.7. The molecule has 0 unspecified atom stereocenters. The lowest BCUT2D eigenvalue weighted by molar-refractivity contribution is -0.387. The molecule has 3 aromatic rings. The van der Waals surface area contributed by atoms with E-state index in [1.807, 2.05) is 31.2 Å². The molecule has 10 heteroatoms. The van der Waals surface area contributed by atoms with Gasteiger partial charge in [0.25, 0.3) is 16.8 Å². The molecule has 0 bridgehead atoms. The van der Waals surface area contributed by atoms with Gasteiger partial charge < -0.3 is 0 Å². The van der Waals surface area contributed by atoms with Crippen molar-refractivity contribution < 1.29 is 14.5 Å². The van der Waals surface area contributed by atoms with Gasteiger partial charge in [0.1, 0.15) is 0 Å². The van der Waals surface area contributed by atoms with Crippen LogP contribution in [-0.2, 0) is 11.3 Å². The summed E-state index contributed by atoms with van der Waals surface area (Å²) in [5.74, 6) is -0.471. The highest BCUT2D eigenvalue weighted by atomic mass is 35.5. The molecule has 0 saturated carbocycles. The minimum atomic E-state index is -0.471. The maximum absolute atomic E-state index is 12.8. The Labute approximate surface area is 214 Å². The maximum Gasteiger partial charge on any atom is 0.293 e. The van der Waals surface area contributed by atoms with E-state index < -0.39 is 16.1 Å². The zero-order chi connectivity index (χ0) is 24.4. The van der Waals surface area contributed by atoms with Crippen molar-refractivity contribution in [2.75, 3.05) is 0 Å². The molecular weight excluding hydrogens is 515 g/mol. The summed E-state index contributed by atoms with van der Waals surface area (Å²) in [6, 6.07) is 17.3. The van der Waals surface area contributed by atoms with Gasteiger partial charge in [-0.3, -0.25) is 24.6 Å². The van der Waals surface area contributed by atoms with Crippen molar-refractivity contribution >= 4 is 69.6 Å². The molecule has 6 nitrogen and oxygen atoms in total. The highest BCUT2D eigenvalue weighted by molar-refractivity contribution is 8.18. The summed E-state index contributed by atoms with van der Waals surface area (Å²) in [6.07, 6.45) is 1.49. The van der Waals surface area contributed by atoms with Crippen molar-refractivity contribution in [2.45, 2.75) is 23.3 Å². The number of imide groups is 1. The number of aryl methyl sites for hydroxylation is 1. The monoisotopic (exact) mass is 530 g/mol. The van der Waals surface area contributed by atoms with E-state index in [4.69, 9.17) is 23.2 Å². The van der Waals surface area contributed by atoms with Gasteiger partial charge in [0, 0.05) is 11.0 Å². The Balaban J connectivity index is 1.56. The molecule has 2 amide bonds. The molecule has 1 saturated heterocycles. The van der Waals surface area contributed by atoms with Gasteiger partial charge >= 0.3 is 0 Å². The van der Waals surface area contributed by atoms with Crippen molar-refractivity contribution in [3.05, 3.63) is 102 Å². The van der Waals surface area contributed by atoms with Crippen LogP contribution in [0.25, 0.3) is 6.08 Å². The summed E-state index contributed by atoms with van der Waals surface area (Å²) in [4.78, 5) is 39.2. The molecular formula is C24H16Cl2N2O4S2. The normalized spacial score (nSPS) is 14.8. The highest BCUT2D eigenvalue weighted by Crippen LogP contribution is 2.38. The van der Waals surface area contributed by atoms with Gasteiger partial charge in [0.2, 0.25) is 0 Å². The number of thioether (sulfide) groups is 1. The molecule has 0 atom stereocenters. The second-order valence-corrected chi connectivity index (χ2v) is 10.3. The number of nitro groups is 1. The fourth-order valence-corrected chi connectivity index (χ4v) is 5.25. The number of carbonyl (C=O) groups excluding carboxylic acids is 2. The number of rotatable bonds is 6. The van der Waals surface area contributed by atoms with Gasteiger partial charge in [-0.15, -0.1) is 0 Å². The van der Waals surface area contributed by atoms with Crippen LogP contribution >= 0.6 is 46.7 Å². The fourth-order valence-electron chi connectivity index (χ4n) is 3.19. The lowest BCUT2D eigenvalue weighted by Crippen LogP contribution is -2.27. The van der Waals surface area contributed by atoms with Crippen molar-refractivity contribution in [3.63, 3.8) is 0 Å². The third-order valence-corrected chi connectivity index (χ3v) is 7.64. The first kappa shape index (κ1) is 24.3. The number of nitro benzene ring substituents is 1. The SMILES string of the molecule is Cc1ccc(Sc2ccc(C=C3SC(=O)N(Cc4ccc(Cl)c(Cl)c4)C3=O)cc2[N+](=O)[O-])cc1. The summed E-state index contributed by atoms with van der Waals surface area (Å²) in [5, 5.41) is 12.0. The predicted molar refractivity (Wildman–Crippen MR) is 136 cm³/mol. The Bertz CT molecular complexity index is 1340. The Morgan fingerprint density at radius 2 is 1.76 bits per heavy atom. The van der Waals surface area contributed by atoms with Gasteiger partial charge in [-0.25, -0.2) is 0 Å². The average Bonchev–Trinajstić information content (AvgIpc) is 3.06. The molecule has 4 rings (SSSR count). The van der Waals surface area contributed by atoms with Gasteiger partial charge in [-0.2, -0.15) is 0 Å². The number of hydrogen-bond donors (Lipinski definition) is 0. The molecule has 1 heterocycles. The van der Waals surface area contributed by atoms with Crippen LogP contribution in [0.2, 0.25) is 10.0 Å². The number of benzene rings is 3. The fraction of sp³-hybridized carbons (Fsp3) is 0.0833. The lowest BCUT2D eigenvalue weighted by atomic mass is 10.1. The number of hydrogen-bond acceptors (Lipinski definition) is 6. The van der Waals surface area contributed by atoms with Gasteiger partial charge in [0.15, 0.2) is 0 Å². The molecule has 34 heavy (non-hydrogen) atoms. The highest BCUT2D eigenvalue weighted by Gasteiger charge is 2.35. The molecule has 1 aliphatic heterocycles. The van der Waals surface area contributed by atoms with E-state index in [9.17, 15) is 19.7 Å². The van der Waals surface area contributed by atoms with E-state index in [0.29, 0.717) is 26.1 Å². The summed E-state index contributed by atoms with van der Waals surface area (Å²) in [6.45, 7) is 2.02. The Morgan fingerprint density at radius 3 is 2.44 bits per heavy atom. The molecule has 3 aromatic carbocycles. The second kappa shape index (κ2) is 10.2. The first-order valence-electron chi connectivity index (χ1n) is 9.93. The van der Waals surface area contributed by atoms with E-state index >= 15 is 0 Å². The smallest absolute Gasteiger partial charge is 0.268 e. The summed E-state index contributed by atoms with van der Waals surface area (Å²) in [5.41, 5.74) is 2.14. The summed E-state index contributed by atoms with van der Waals surface area (Å²) in [7, 11) is 0. The lowest BCUT2D eigenvalue weighted by Gasteiger charge is -2.12. The Morgan fingerprint density at radius 1 is 1.03 bits per heavy atom. The van der Waals surface area contributed by atoms with Crippen LogP contribution in [0.5, 0.6) is 0 Å². The van der Waals surface area contributed by atoms with E-state index in [1.54, 1.807) is 30.3 Å². The number of halogens is 2. The third-order valence-electron chi connectivity index (χ3n) is 4.92. The molecule has 0 spiro atoms. The van der Waals surface area contributed by atoms with Crippen LogP contribution < -0.4 is 0 Å². The molecule has 1 fully saturated rings. The van der Waals surface area contributed by atoms with Crippen LogP contribution in [0.3, 0.4) is 0 Å². The number of carbonyl (C=O) groups is 2. The van der Waals surface area contributed by atoms with Gasteiger partial charge in [-0.05, 0) is 66.2 Å². The van der Waals surface area contributed by atoms with Crippen molar-refractivity contribution in [2.24, 2.45) is 0 Å². The predicted octanol–water partition coefficient (Wildman–Crippen LogP) is 7.60. The largest absolute Gasteiger partial charge is 0.293 e. The van der Waals surface area contributed by atoms with Gasteiger partial charge in [0.05, 0.1) is 31.3 Å². The number of nitrogens with zero attached hydrogens (tertiary/aromatic N) is 2. The maximum atomic E-state index is 12.8. The first-order valence-corrected chi connectivity index (χ1v) is 12.3. The summed E-state index contributed by atoms with van der Waals surface area (Å²) < 4.78 is 0. The summed E-state index contributed by atoms with van der Waals surface area (Å²) >= 11 is 14.0. The Kier molecular flexibility index (Phi) is 7.33. The van der Waals surface area contributed by atoms with Crippen molar-refractivity contribution in [3.8, 4) is 0 Å². The van der Waals surface area contributed by atoms with Crippen LogP contribution in [-0.4, -0.2) is 21.0 Å². The van der Waals surface area contributed by atoms with E-state index in [1.165, 1.54) is 23.9 Å². The van der Waals surface area contributed by atoms with E-state index in [0.717, 1.165) is 27.1 Å². The minimum absolute atomic E-state index is 0.0468. The van der Waals surface area contributed by atoms with E-state index in [2.05, 4.69) is 0 Å². The van der Waals surface area contributed by atoms with Crippen molar-refractivity contribution in [1.82, 2.24) is 4.90 Å². The standard InChI is InChI=1S/C24H16Cl2N2O4S2/c1-14-2-6-17(7-3-14)33-21-9-5-15(11-20(21)28(31)32)12-22-23(29)27(24(30)34-22)13-16-4-8-18(25)19(26)10-16/h2-12H,13H2,1H3. The van der Waals surface area contributed by atoms with Crippen LogP contribution in [0.15, 0.2) is 75.4 Å². The third kappa shape index (κ3) is 5.47. The molecule has 0 aliphatic carbocycles. The molecule has 0 radical (unpaired) electrons. The topological polar surface area (TPSA) is 80.5 Å². The number of amides is 2. The second-order valence-electron chi connectivity index (χ2n) is 7.42. The molecule has 1 aliphatic rings. The van der Waals surface area contributed by atoms with Gasteiger partial charge in [-0.1, -0.05) is 64.8 Å². The van der Waals surface area contributed by atoms with Crippen LogP contribution in [0.4, 0.5) is 10.5 Å². The molecule has 0 N–H and O–H groups in total. The average molecular weight is 531 g/mol. The van der Waals surface area contributed by atoms with Crippen LogP contribution in [0.1, 0.15) is 16.7 Å². The van der Waals surface area contributed by atoms with Crippen LogP contribution in [0, 0.1) is 17.0 Å². The molecule has 0 aromatic heterocycles. The zero-order valence-corrected chi connectivity index (χ0v) is 20.8. The Hall–Kier alpha value is -2.78.